The second-order valence-electron chi connectivity index (χ2n) is 4.66. The van der Waals surface area contributed by atoms with Gasteiger partial charge in [-0.3, -0.25) is 4.90 Å². The van der Waals surface area contributed by atoms with Gasteiger partial charge in [0.15, 0.2) is 0 Å². The fraction of sp³-hybridized carbons (Fsp3) is 0.769. The molecule has 3 nitrogen and oxygen atoms in total. The predicted molar refractivity (Wildman–Crippen MR) is 73.6 cm³/mol. The number of aromatic nitrogens is 1. The van der Waals surface area contributed by atoms with Crippen molar-refractivity contribution in [2.75, 3.05) is 26.7 Å². The van der Waals surface area contributed by atoms with Crippen LogP contribution in [0.3, 0.4) is 0 Å². The van der Waals surface area contributed by atoms with Crippen molar-refractivity contribution in [3.05, 3.63) is 16.1 Å². The van der Waals surface area contributed by atoms with Gasteiger partial charge in [-0.25, -0.2) is 4.98 Å². The molecule has 1 N–H and O–H groups in total. The Labute approximate surface area is 108 Å². The minimum absolute atomic E-state index is 0.600. The zero-order chi connectivity index (χ0) is 12.1. The lowest BCUT2D eigenvalue weighted by Gasteiger charge is -2.20. The first-order chi connectivity index (χ1) is 8.35. The van der Waals surface area contributed by atoms with Crippen LogP contribution in [0.25, 0.3) is 0 Å². The number of hydrogen-bond acceptors (Lipinski definition) is 4. The standard InChI is InChI=1S/C13H23N3S/c1-3-16-9-5-7-12(16)13-15-10-11(17-13)6-4-8-14-2/h10,12,14H,3-9H2,1-2H3. The summed E-state index contributed by atoms with van der Waals surface area (Å²) in [7, 11) is 2.01. The Kier molecular flexibility index (Phi) is 4.95. The largest absolute Gasteiger partial charge is 0.320 e. The van der Waals surface area contributed by atoms with Crippen molar-refractivity contribution in [2.24, 2.45) is 0 Å². The average molecular weight is 253 g/mol. The smallest absolute Gasteiger partial charge is 0.110 e. The van der Waals surface area contributed by atoms with Gasteiger partial charge in [-0.2, -0.15) is 0 Å². The normalized spacial score (nSPS) is 21.2. The molecule has 0 saturated carbocycles. The summed E-state index contributed by atoms with van der Waals surface area (Å²) in [5.41, 5.74) is 0. The monoisotopic (exact) mass is 253 g/mol. The molecule has 2 rings (SSSR count). The fourth-order valence-corrected chi connectivity index (χ4v) is 3.64. The lowest BCUT2D eigenvalue weighted by Crippen LogP contribution is -2.22. The summed E-state index contributed by atoms with van der Waals surface area (Å²) >= 11 is 1.92. The molecule has 1 saturated heterocycles. The van der Waals surface area contributed by atoms with Crippen LogP contribution in [0.4, 0.5) is 0 Å². The molecule has 0 radical (unpaired) electrons. The zero-order valence-electron chi connectivity index (χ0n) is 10.9. The third-order valence-electron chi connectivity index (χ3n) is 3.48. The van der Waals surface area contributed by atoms with E-state index in [1.165, 1.54) is 35.7 Å². The third-order valence-corrected chi connectivity index (χ3v) is 4.63. The average Bonchev–Trinajstić information content (AvgIpc) is 2.96. The number of nitrogens with zero attached hydrogens (tertiary/aromatic N) is 2. The van der Waals surface area contributed by atoms with Crippen LogP contribution in [0.15, 0.2) is 6.20 Å². The SMILES string of the molecule is CCN1CCCC1c1ncc(CCCNC)s1. The molecule has 1 aliphatic heterocycles. The second-order valence-corrected chi connectivity index (χ2v) is 5.81. The van der Waals surface area contributed by atoms with Gasteiger partial charge in [-0.05, 0) is 52.4 Å². The van der Waals surface area contributed by atoms with Crippen molar-refractivity contribution in [3.8, 4) is 0 Å². The van der Waals surface area contributed by atoms with E-state index >= 15 is 0 Å². The number of hydrogen-bond donors (Lipinski definition) is 1. The summed E-state index contributed by atoms with van der Waals surface area (Å²) in [5.74, 6) is 0. The molecule has 4 heteroatoms. The van der Waals surface area contributed by atoms with Gasteiger partial charge in [0.25, 0.3) is 0 Å². The molecule has 0 amide bonds. The van der Waals surface area contributed by atoms with E-state index in [0.29, 0.717) is 6.04 Å². The Balaban J connectivity index is 1.93. The van der Waals surface area contributed by atoms with Gasteiger partial charge in [0, 0.05) is 11.1 Å². The first-order valence-electron chi connectivity index (χ1n) is 6.68. The Hall–Kier alpha value is -0.450. The van der Waals surface area contributed by atoms with E-state index < -0.39 is 0 Å². The van der Waals surface area contributed by atoms with Crippen molar-refractivity contribution in [1.82, 2.24) is 15.2 Å². The van der Waals surface area contributed by atoms with E-state index in [2.05, 4.69) is 28.3 Å². The lowest BCUT2D eigenvalue weighted by atomic mass is 10.2. The summed E-state index contributed by atoms with van der Waals surface area (Å²) in [5, 5.41) is 4.53. The first kappa shape index (κ1) is 13.0. The van der Waals surface area contributed by atoms with Gasteiger partial charge in [0.2, 0.25) is 0 Å². The minimum Gasteiger partial charge on any atom is -0.320 e. The highest BCUT2D eigenvalue weighted by molar-refractivity contribution is 7.11. The highest BCUT2D eigenvalue weighted by atomic mass is 32.1. The predicted octanol–water partition coefficient (Wildman–Crippen LogP) is 2.45. The number of aryl methyl sites for hydroxylation is 1. The van der Waals surface area contributed by atoms with Gasteiger partial charge < -0.3 is 5.32 Å². The maximum atomic E-state index is 4.63. The molecule has 1 aromatic heterocycles. The Morgan fingerprint density at radius 2 is 2.47 bits per heavy atom. The van der Waals surface area contributed by atoms with Crippen LogP contribution in [0.1, 0.15) is 42.1 Å². The molecule has 17 heavy (non-hydrogen) atoms. The maximum absolute atomic E-state index is 4.63. The van der Waals surface area contributed by atoms with Crippen molar-refractivity contribution in [1.29, 1.82) is 0 Å². The van der Waals surface area contributed by atoms with Crippen molar-refractivity contribution >= 4 is 11.3 Å². The molecule has 0 aromatic carbocycles. The van der Waals surface area contributed by atoms with Crippen LogP contribution in [0.5, 0.6) is 0 Å². The number of nitrogens with one attached hydrogen (secondary N) is 1. The summed E-state index contributed by atoms with van der Waals surface area (Å²) < 4.78 is 0. The van der Waals surface area contributed by atoms with Crippen LogP contribution in [-0.2, 0) is 6.42 Å². The fourth-order valence-electron chi connectivity index (χ4n) is 2.52. The highest BCUT2D eigenvalue weighted by Crippen LogP contribution is 2.33. The number of likely N-dealkylation sites (tertiary alicyclic amines) is 1. The molecule has 1 aromatic rings. The molecule has 96 valence electrons. The number of rotatable bonds is 6. The Bertz CT molecular complexity index is 337. The van der Waals surface area contributed by atoms with Gasteiger partial charge in [-0.1, -0.05) is 6.92 Å². The minimum atomic E-state index is 0.600. The van der Waals surface area contributed by atoms with E-state index in [0.717, 1.165) is 19.5 Å². The molecule has 2 heterocycles. The quantitative estimate of drug-likeness (QED) is 0.789. The molecule has 0 aliphatic carbocycles. The maximum Gasteiger partial charge on any atom is 0.110 e. The van der Waals surface area contributed by atoms with Crippen molar-refractivity contribution in [3.63, 3.8) is 0 Å². The molecule has 0 bridgehead atoms. The third kappa shape index (κ3) is 3.27. The van der Waals surface area contributed by atoms with Gasteiger partial charge >= 0.3 is 0 Å². The van der Waals surface area contributed by atoms with Crippen LogP contribution < -0.4 is 5.32 Å². The van der Waals surface area contributed by atoms with Crippen LogP contribution >= 0.6 is 11.3 Å². The first-order valence-corrected chi connectivity index (χ1v) is 7.50. The molecule has 1 unspecified atom stereocenters. The van der Waals surface area contributed by atoms with Crippen molar-refractivity contribution in [2.45, 2.75) is 38.6 Å². The molecule has 1 atom stereocenters. The van der Waals surface area contributed by atoms with Gasteiger partial charge in [-0.15, -0.1) is 11.3 Å². The second kappa shape index (κ2) is 6.47. The summed E-state index contributed by atoms with van der Waals surface area (Å²) in [6.45, 7) is 5.74. The topological polar surface area (TPSA) is 28.2 Å². The van der Waals surface area contributed by atoms with E-state index in [1.54, 1.807) is 0 Å². The summed E-state index contributed by atoms with van der Waals surface area (Å²) in [4.78, 5) is 8.63. The molecule has 0 spiro atoms. The van der Waals surface area contributed by atoms with Crippen LogP contribution in [0, 0.1) is 0 Å². The van der Waals surface area contributed by atoms with Gasteiger partial charge in [0.1, 0.15) is 5.01 Å². The molecule has 1 aliphatic rings. The molecule has 1 fully saturated rings. The zero-order valence-corrected chi connectivity index (χ0v) is 11.7. The van der Waals surface area contributed by atoms with E-state index in [9.17, 15) is 0 Å². The Morgan fingerprint density at radius 3 is 3.24 bits per heavy atom. The highest BCUT2D eigenvalue weighted by Gasteiger charge is 2.26. The van der Waals surface area contributed by atoms with Crippen LogP contribution in [-0.4, -0.2) is 36.6 Å². The van der Waals surface area contributed by atoms with E-state index in [-0.39, 0.29) is 0 Å². The Morgan fingerprint density at radius 1 is 1.59 bits per heavy atom. The van der Waals surface area contributed by atoms with E-state index in [4.69, 9.17) is 0 Å². The lowest BCUT2D eigenvalue weighted by molar-refractivity contribution is 0.271. The van der Waals surface area contributed by atoms with Crippen molar-refractivity contribution < 1.29 is 0 Å². The molecular weight excluding hydrogens is 230 g/mol. The van der Waals surface area contributed by atoms with Crippen LogP contribution in [0.2, 0.25) is 0 Å². The molecular formula is C13H23N3S. The van der Waals surface area contributed by atoms with Gasteiger partial charge in [0.05, 0.1) is 6.04 Å². The number of thiazole rings is 1. The van der Waals surface area contributed by atoms with E-state index in [1.807, 2.05) is 18.4 Å². The summed E-state index contributed by atoms with van der Waals surface area (Å²) in [6, 6.07) is 0.600. The summed E-state index contributed by atoms with van der Waals surface area (Å²) in [6.07, 6.45) is 7.07.